The first-order valence-corrected chi connectivity index (χ1v) is 8.70. The molecule has 1 N–H and O–H groups in total. The minimum absolute atomic E-state index is 0.139. The maximum atomic E-state index is 13.0. The number of hydrogen-bond acceptors (Lipinski definition) is 6. The van der Waals surface area contributed by atoms with Crippen LogP contribution < -0.4 is 14.8 Å². The van der Waals surface area contributed by atoms with Gasteiger partial charge in [-0.15, -0.1) is 0 Å². The van der Waals surface area contributed by atoms with E-state index in [4.69, 9.17) is 9.47 Å². The highest BCUT2D eigenvalue weighted by Crippen LogP contribution is 2.44. The number of aromatic nitrogens is 3. The zero-order valence-corrected chi connectivity index (χ0v) is 15.4. The van der Waals surface area contributed by atoms with E-state index in [2.05, 4.69) is 22.3 Å². The molecule has 0 unspecified atom stereocenters. The Morgan fingerprint density at radius 2 is 2.04 bits per heavy atom. The van der Waals surface area contributed by atoms with Crippen LogP contribution >= 0.6 is 0 Å². The van der Waals surface area contributed by atoms with Crippen molar-refractivity contribution in [3.05, 3.63) is 40.9 Å². The van der Waals surface area contributed by atoms with Crippen LogP contribution in [0, 0.1) is 12.8 Å². The van der Waals surface area contributed by atoms with Crippen LogP contribution in [0.15, 0.2) is 29.5 Å². The lowest BCUT2D eigenvalue weighted by atomic mass is 9.81. The van der Waals surface area contributed by atoms with Crippen molar-refractivity contribution in [3.8, 4) is 11.5 Å². The molecule has 0 spiro atoms. The lowest BCUT2D eigenvalue weighted by molar-refractivity contribution is -0.117. The van der Waals surface area contributed by atoms with Gasteiger partial charge in [-0.25, -0.2) is 4.68 Å². The van der Waals surface area contributed by atoms with E-state index in [1.807, 2.05) is 25.1 Å². The van der Waals surface area contributed by atoms with Crippen molar-refractivity contribution in [1.29, 1.82) is 0 Å². The van der Waals surface area contributed by atoms with E-state index >= 15 is 0 Å². The van der Waals surface area contributed by atoms with E-state index in [0.29, 0.717) is 35.6 Å². The highest BCUT2D eigenvalue weighted by Gasteiger charge is 2.39. The lowest BCUT2D eigenvalue weighted by Crippen LogP contribution is -2.33. The Hall–Kier alpha value is -2.83. The fourth-order valence-electron chi connectivity index (χ4n) is 3.85. The molecule has 7 nitrogen and oxygen atoms in total. The fraction of sp³-hybridized carbons (Fsp3) is 0.421. The highest BCUT2D eigenvalue weighted by molar-refractivity contribution is 5.99. The second-order valence-electron chi connectivity index (χ2n) is 6.89. The summed E-state index contributed by atoms with van der Waals surface area (Å²) in [4.78, 5) is 17.5. The van der Waals surface area contributed by atoms with E-state index in [1.165, 1.54) is 0 Å². The van der Waals surface area contributed by atoms with Crippen molar-refractivity contribution in [1.82, 2.24) is 14.8 Å². The number of ether oxygens (including phenoxy) is 2. The molecule has 2 atom stereocenters. The smallest absolute Gasteiger partial charge is 0.226 e. The Balaban J connectivity index is 1.96. The second-order valence-corrected chi connectivity index (χ2v) is 6.89. The number of rotatable bonds is 3. The number of Topliss-reactive ketones (excluding diaryl/α,β-unsaturated/α-hetero) is 1. The Kier molecular flexibility index (Phi) is 3.94. The molecule has 4 rings (SSSR count). The summed E-state index contributed by atoms with van der Waals surface area (Å²) in [6, 6.07) is 5.23. The molecule has 136 valence electrons. The summed E-state index contributed by atoms with van der Waals surface area (Å²) < 4.78 is 12.8. The molecule has 0 saturated carbocycles. The third-order valence-corrected chi connectivity index (χ3v) is 4.96. The van der Waals surface area contributed by atoms with Crippen LogP contribution in [0.25, 0.3) is 0 Å². The van der Waals surface area contributed by atoms with E-state index < -0.39 is 0 Å². The summed E-state index contributed by atoms with van der Waals surface area (Å²) in [5, 5.41) is 7.87. The van der Waals surface area contributed by atoms with Crippen LogP contribution in [0.3, 0.4) is 0 Å². The van der Waals surface area contributed by atoms with Crippen molar-refractivity contribution in [2.24, 2.45) is 5.92 Å². The molecule has 2 aliphatic rings. The Morgan fingerprint density at radius 3 is 2.77 bits per heavy atom. The van der Waals surface area contributed by atoms with Gasteiger partial charge >= 0.3 is 0 Å². The van der Waals surface area contributed by atoms with Gasteiger partial charge in [-0.2, -0.15) is 10.1 Å². The Labute approximate surface area is 152 Å². The van der Waals surface area contributed by atoms with Gasteiger partial charge in [0.1, 0.15) is 23.4 Å². The van der Waals surface area contributed by atoms with Crippen molar-refractivity contribution in [2.75, 3.05) is 19.5 Å². The van der Waals surface area contributed by atoms with Gasteiger partial charge in [0, 0.05) is 23.3 Å². The van der Waals surface area contributed by atoms with Gasteiger partial charge in [0.25, 0.3) is 0 Å². The molecule has 0 fully saturated rings. The quantitative estimate of drug-likeness (QED) is 0.913. The largest absolute Gasteiger partial charge is 0.497 e. The molecule has 0 amide bonds. The maximum absolute atomic E-state index is 13.0. The third kappa shape index (κ3) is 2.55. The van der Waals surface area contributed by atoms with Crippen molar-refractivity contribution >= 4 is 11.7 Å². The zero-order chi connectivity index (χ0) is 18.4. The van der Waals surface area contributed by atoms with E-state index in [9.17, 15) is 4.79 Å². The number of benzene rings is 1. The minimum atomic E-state index is -0.382. The predicted octanol–water partition coefficient (Wildman–Crippen LogP) is 2.87. The number of allylic oxidation sites excluding steroid dienone is 2. The van der Waals surface area contributed by atoms with Gasteiger partial charge in [-0.1, -0.05) is 6.92 Å². The van der Waals surface area contributed by atoms with Gasteiger partial charge in [-0.05, 0) is 37.5 Å². The number of nitrogens with zero attached hydrogens (tertiary/aromatic N) is 3. The second kappa shape index (κ2) is 6.16. The predicted molar refractivity (Wildman–Crippen MR) is 96.5 cm³/mol. The molecular weight excluding hydrogens is 332 g/mol. The SMILES string of the molecule is COc1ccc(OC)c([C@H]2C3=C(C[C@H](C)CC3=O)Nc3nc(C)nn32)c1. The molecule has 2 heterocycles. The summed E-state index contributed by atoms with van der Waals surface area (Å²) in [6.45, 7) is 3.94. The molecule has 1 aliphatic carbocycles. The number of methoxy groups -OCH3 is 2. The number of carbonyl (C=O) groups excluding carboxylic acids is 1. The number of fused-ring (bicyclic) bond motifs is 1. The third-order valence-electron chi connectivity index (χ3n) is 4.96. The number of ketones is 1. The van der Waals surface area contributed by atoms with Gasteiger partial charge in [0.2, 0.25) is 5.95 Å². The first-order valence-electron chi connectivity index (χ1n) is 8.70. The fourth-order valence-corrected chi connectivity index (χ4v) is 3.85. The number of aryl methyl sites for hydroxylation is 1. The average Bonchev–Trinajstić information content (AvgIpc) is 2.98. The molecule has 7 heteroatoms. The first-order chi connectivity index (χ1) is 12.5. The first kappa shape index (κ1) is 16.6. The van der Waals surface area contributed by atoms with E-state index in [-0.39, 0.29) is 11.8 Å². The molecule has 1 aromatic heterocycles. The minimum Gasteiger partial charge on any atom is -0.497 e. The van der Waals surface area contributed by atoms with Crippen LogP contribution in [0.1, 0.15) is 37.2 Å². The summed E-state index contributed by atoms with van der Waals surface area (Å²) in [7, 11) is 3.25. The number of hydrogen-bond donors (Lipinski definition) is 1. The van der Waals surface area contributed by atoms with Crippen LogP contribution in [0.2, 0.25) is 0 Å². The number of carbonyl (C=O) groups is 1. The van der Waals surface area contributed by atoms with Gasteiger partial charge in [0.05, 0.1) is 14.2 Å². The average molecular weight is 354 g/mol. The zero-order valence-electron chi connectivity index (χ0n) is 15.4. The van der Waals surface area contributed by atoms with E-state index in [0.717, 1.165) is 23.3 Å². The number of anilines is 1. The molecule has 1 aliphatic heterocycles. The van der Waals surface area contributed by atoms with Crippen LogP contribution in [-0.4, -0.2) is 34.8 Å². The maximum Gasteiger partial charge on any atom is 0.226 e. The molecular formula is C19H22N4O3. The van der Waals surface area contributed by atoms with E-state index in [1.54, 1.807) is 18.9 Å². The Bertz CT molecular complexity index is 916. The van der Waals surface area contributed by atoms with Crippen molar-refractivity contribution in [3.63, 3.8) is 0 Å². The molecule has 1 aromatic carbocycles. The summed E-state index contributed by atoms with van der Waals surface area (Å²) in [5.41, 5.74) is 2.52. The molecule has 26 heavy (non-hydrogen) atoms. The summed E-state index contributed by atoms with van der Waals surface area (Å²) in [5.74, 6) is 3.14. The molecule has 2 aromatic rings. The topological polar surface area (TPSA) is 78.3 Å². The molecule has 0 radical (unpaired) electrons. The number of nitrogens with one attached hydrogen (secondary N) is 1. The van der Waals surface area contributed by atoms with Crippen LogP contribution in [0.4, 0.5) is 5.95 Å². The van der Waals surface area contributed by atoms with Crippen molar-refractivity contribution < 1.29 is 14.3 Å². The molecule has 0 bridgehead atoms. The van der Waals surface area contributed by atoms with Crippen LogP contribution in [0.5, 0.6) is 11.5 Å². The van der Waals surface area contributed by atoms with Crippen molar-refractivity contribution in [2.45, 2.75) is 32.7 Å². The standard InChI is InChI=1S/C19H22N4O3/c1-10-7-14-17(15(24)8-10)18(23-19(21-14)20-11(2)22-23)13-9-12(25-3)5-6-16(13)26-4/h5-6,9-10,18H,7-8H2,1-4H3,(H,20,21,22)/t10-,18-/m0/s1. The lowest BCUT2D eigenvalue weighted by Gasteiger charge is -2.34. The monoisotopic (exact) mass is 354 g/mol. The normalized spacial score (nSPS) is 21.8. The van der Waals surface area contributed by atoms with Gasteiger partial charge in [-0.3, -0.25) is 4.79 Å². The molecule has 0 saturated heterocycles. The van der Waals surface area contributed by atoms with Crippen LogP contribution in [-0.2, 0) is 4.79 Å². The van der Waals surface area contributed by atoms with Gasteiger partial charge in [0.15, 0.2) is 5.78 Å². The summed E-state index contributed by atoms with van der Waals surface area (Å²) >= 11 is 0. The Morgan fingerprint density at radius 1 is 1.23 bits per heavy atom. The summed E-state index contributed by atoms with van der Waals surface area (Å²) in [6.07, 6.45) is 1.35. The highest BCUT2D eigenvalue weighted by atomic mass is 16.5. The van der Waals surface area contributed by atoms with Gasteiger partial charge < -0.3 is 14.8 Å².